The zero-order valence-corrected chi connectivity index (χ0v) is 28.3. The first-order chi connectivity index (χ1) is 21.2. The summed E-state index contributed by atoms with van der Waals surface area (Å²) in [7, 11) is 1.69. The molecule has 4 fully saturated rings. The van der Waals surface area contributed by atoms with Crippen molar-refractivity contribution in [1.82, 2.24) is 9.80 Å². The van der Waals surface area contributed by atoms with Gasteiger partial charge in [0.05, 0.1) is 31.8 Å². The first-order valence-corrected chi connectivity index (χ1v) is 17.3. The summed E-state index contributed by atoms with van der Waals surface area (Å²) in [5, 5.41) is 10.4. The second kappa shape index (κ2) is 10.9. The van der Waals surface area contributed by atoms with Crippen molar-refractivity contribution in [3.63, 3.8) is 0 Å². The van der Waals surface area contributed by atoms with Crippen molar-refractivity contribution in [2.24, 2.45) is 16.7 Å². The molecule has 45 heavy (non-hydrogen) atoms. The molecule has 1 aromatic rings. The van der Waals surface area contributed by atoms with Crippen LogP contribution in [-0.2, 0) is 21.4 Å². The quantitative estimate of drug-likeness (QED) is 0.272. The lowest BCUT2D eigenvalue weighted by atomic mass is 9.42. The molecule has 5 aliphatic carbocycles. The number of hydrogen-bond acceptors (Lipinski definition) is 7. The van der Waals surface area contributed by atoms with Crippen LogP contribution < -0.4 is 9.47 Å². The number of aliphatic hydroxyl groups is 1. The lowest BCUT2D eigenvalue weighted by Crippen LogP contribution is -2.67. The van der Waals surface area contributed by atoms with Gasteiger partial charge in [-0.05, 0) is 101 Å². The summed E-state index contributed by atoms with van der Waals surface area (Å²) in [6.45, 7) is 15.0. The Bertz CT molecular complexity index is 1330. The van der Waals surface area contributed by atoms with Crippen LogP contribution in [0.4, 0.5) is 4.79 Å². The summed E-state index contributed by atoms with van der Waals surface area (Å²) >= 11 is 0. The molecule has 0 saturated heterocycles. The van der Waals surface area contributed by atoms with Crippen molar-refractivity contribution in [1.29, 1.82) is 0 Å². The Balaban J connectivity index is 1.02. The van der Waals surface area contributed by atoms with Crippen LogP contribution >= 0.6 is 0 Å². The molecular weight excluding hydrogens is 568 g/mol. The Hall–Kier alpha value is -2.29. The SMILES string of the molecule is COc1ccc2c3c1OC1CC(O)C=CC31CCN(CCOCCN(C(=O)OC(C)(C)C)C13CC4CC(C)(CC(C)(C4)C1)C3)C2. The molecule has 2 heterocycles. The summed E-state index contributed by atoms with van der Waals surface area (Å²) in [5.41, 5.74) is 2.18. The average Bonchev–Trinajstić information content (AvgIpc) is 3.15. The van der Waals surface area contributed by atoms with Crippen LogP contribution in [0.15, 0.2) is 24.3 Å². The van der Waals surface area contributed by atoms with Crippen LogP contribution in [0.25, 0.3) is 0 Å². The predicted octanol–water partition coefficient (Wildman–Crippen LogP) is 6.22. The van der Waals surface area contributed by atoms with E-state index in [0.717, 1.165) is 56.8 Å². The van der Waals surface area contributed by atoms with Gasteiger partial charge in [0.2, 0.25) is 0 Å². The van der Waals surface area contributed by atoms with Gasteiger partial charge in [0, 0.05) is 37.2 Å². The van der Waals surface area contributed by atoms with Gasteiger partial charge in [-0.3, -0.25) is 4.90 Å². The third-order valence-corrected chi connectivity index (χ3v) is 11.8. The number of carbonyl (C=O) groups excluding carboxylic acids is 1. The van der Waals surface area contributed by atoms with Gasteiger partial charge in [-0.15, -0.1) is 0 Å². The first kappa shape index (κ1) is 31.3. The summed E-state index contributed by atoms with van der Waals surface area (Å²) in [5.74, 6) is 2.29. The minimum atomic E-state index is -0.533. The molecule has 8 rings (SSSR count). The number of carbonyl (C=O) groups is 1. The van der Waals surface area contributed by atoms with Crippen molar-refractivity contribution in [3.8, 4) is 11.5 Å². The maximum atomic E-state index is 13.8. The molecule has 1 amide bonds. The van der Waals surface area contributed by atoms with Crippen molar-refractivity contribution in [3.05, 3.63) is 35.4 Å². The highest BCUT2D eigenvalue weighted by Crippen LogP contribution is 2.67. The molecular formula is C37H54N2O6. The number of benzene rings is 1. The Morgan fingerprint density at radius 1 is 1.11 bits per heavy atom. The van der Waals surface area contributed by atoms with E-state index < -0.39 is 11.7 Å². The van der Waals surface area contributed by atoms with E-state index in [2.05, 4.69) is 35.8 Å². The van der Waals surface area contributed by atoms with E-state index >= 15 is 0 Å². The zero-order valence-electron chi connectivity index (χ0n) is 28.3. The lowest BCUT2D eigenvalue weighted by Gasteiger charge is -2.67. The fourth-order valence-corrected chi connectivity index (χ4v) is 11.2. The summed E-state index contributed by atoms with van der Waals surface area (Å²) in [4.78, 5) is 18.4. The van der Waals surface area contributed by atoms with Crippen LogP contribution in [0.5, 0.6) is 11.5 Å². The van der Waals surface area contributed by atoms with Gasteiger partial charge in [0.1, 0.15) is 11.7 Å². The van der Waals surface area contributed by atoms with E-state index in [0.29, 0.717) is 42.9 Å². The Morgan fingerprint density at radius 2 is 1.87 bits per heavy atom. The highest BCUT2D eigenvalue weighted by molar-refractivity contribution is 5.69. The maximum absolute atomic E-state index is 13.8. The number of ether oxygens (including phenoxy) is 4. The van der Waals surface area contributed by atoms with Gasteiger partial charge in [0.15, 0.2) is 11.5 Å². The van der Waals surface area contributed by atoms with Gasteiger partial charge in [-0.2, -0.15) is 0 Å². The average molecular weight is 623 g/mol. The molecule has 5 unspecified atom stereocenters. The third-order valence-electron chi connectivity index (χ3n) is 11.8. The van der Waals surface area contributed by atoms with Gasteiger partial charge >= 0.3 is 6.09 Å². The zero-order chi connectivity index (χ0) is 31.8. The molecule has 7 aliphatic rings. The number of nitrogens with zero attached hydrogens (tertiary/aromatic N) is 2. The van der Waals surface area contributed by atoms with E-state index in [1.165, 1.54) is 30.4 Å². The van der Waals surface area contributed by atoms with Gasteiger partial charge < -0.3 is 29.0 Å². The predicted molar refractivity (Wildman–Crippen MR) is 173 cm³/mol. The maximum Gasteiger partial charge on any atom is 0.410 e. The monoisotopic (exact) mass is 622 g/mol. The Kier molecular flexibility index (Phi) is 7.57. The fraction of sp³-hybridized carbons (Fsp3) is 0.757. The largest absolute Gasteiger partial charge is 0.493 e. The second-order valence-corrected chi connectivity index (χ2v) is 17.1. The number of aliphatic hydroxyl groups excluding tert-OH is 1. The number of hydrogen-bond donors (Lipinski definition) is 1. The second-order valence-electron chi connectivity index (χ2n) is 17.1. The first-order valence-electron chi connectivity index (χ1n) is 17.3. The molecule has 8 nitrogen and oxygen atoms in total. The molecule has 1 N–H and O–H groups in total. The highest BCUT2D eigenvalue weighted by atomic mass is 16.6. The van der Waals surface area contributed by atoms with Gasteiger partial charge in [-0.1, -0.05) is 32.1 Å². The van der Waals surface area contributed by atoms with E-state index in [4.69, 9.17) is 18.9 Å². The topological polar surface area (TPSA) is 80.7 Å². The molecule has 1 spiro atoms. The number of rotatable bonds is 8. The lowest BCUT2D eigenvalue weighted by molar-refractivity contribution is -0.159. The van der Waals surface area contributed by atoms with Crippen molar-refractivity contribution in [2.75, 3.05) is 40.0 Å². The molecule has 4 saturated carbocycles. The van der Waals surface area contributed by atoms with Crippen molar-refractivity contribution < 1.29 is 28.8 Å². The normalized spacial score (nSPS) is 37.9. The van der Waals surface area contributed by atoms with Crippen LogP contribution in [0, 0.1) is 16.7 Å². The summed E-state index contributed by atoms with van der Waals surface area (Å²) in [6.07, 6.45) is 12.0. The highest BCUT2D eigenvalue weighted by Gasteiger charge is 2.63. The van der Waals surface area contributed by atoms with E-state index in [1.807, 2.05) is 32.9 Å². The van der Waals surface area contributed by atoms with Crippen molar-refractivity contribution in [2.45, 2.75) is 121 Å². The minimum absolute atomic E-state index is 0.0910. The molecule has 5 atom stereocenters. The van der Waals surface area contributed by atoms with Crippen LogP contribution in [0.3, 0.4) is 0 Å². The molecule has 1 aromatic carbocycles. The van der Waals surface area contributed by atoms with Gasteiger partial charge in [0.25, 0.3) is 0 Å². The molecule has 4 bridgehead atoms. The summed E-state index contributed by atoms with van der Waals surface area (Å²) in [6, 6.07) is 4.18. The van der Waals surface area contributed by atoms with Gasteiger partial charge in [-0.25, -0.2) is 4.79 Å². The molecule has 248 valence electrons. The molecule has 8 heteroatoms. The standard InChI is InChI=1S/C37H54N2O6/c1-33(2,3)45-32(41)39(36-20-25-18-34(4,23-36)22-35(5,19-25)24-36)14-16-43-15-13-38-12-11-37-10-9-27(40)17-29(37)44-31-28(42-6)8-7-26(21-38)30(31)37/h7-10,25,27,29,40H,11-24H2,1-6H3. The van der Waals surface area contributed by atoms with E-state index in [1.54, 1.807) is 7.11 Å². The van der Waals surface area contributed by atoms with E-state index in [9.17, 15) is 9.90 Å². The van der Waals surface area contributed by atoms with Crippen LogP contribution in [-0.4, -0.2) is 84.3 Å². The van der Waals surface area contributed by atoms with Crippen molar-refractivity contribution >= 4 is 6.09 Å². The number of methoxy groups -OCH3 is 1. The van der Waals surface area contributed by atoms with E-state index in [-0.39, 0.29) is 23.2 Å². The fourth-order valence-electron chi connectivity index (χ4n) is 11.2. The Morgan fingerprint density at radius 3 is 2.56 bits per heavy atom. The summed E-state index contributed by atoms with van der Waals surface area (Å²) < 4.78 is 24.5. The molecule has 2 aliphatic heterocycles. The Labute approximate surface area is 269 Å². The third kappa shape index (κ3) is 5.57. The molecule has 0 aromatic heterocycles. The number of amides is 1. The minimum Gasteiger partial charge on any atom is -0.493 e. The molecule has 0 radical (unpaired) electrons. The van der Waals surface area contributed by atoms with Crippen LogP contribution in [0.2, 0.25) is 0 Å². The van der Waals surface area contributed by atoms with Crippen LogP contribution in [0.1, 0.15) is 97.1 Å². The smallest absolute Gasteiger partial charge is 0.410 e.